The van der Waals surface area contributed by atoms with Gasteiger partial charge in [0.15, 0.2) is 0 Å². The first kappa shape index (κ1) is 15.5. The predicted molar refractivity (Wildman–Crippen MR) is 79.0 cm³/mol. The van der Waals surface area contributed by atoms with Crippen LogP contribution in [0.4, 0.5) is 5.69 Å². The molecule has 0 aliphatic carbocycles. The molecule has 0 aromatic heterocycles. The molecule has 112 valence electrons. The number of hydrogen-bond donors (Lipinski definition) is 1. The van der Waals surface area contributed by atoms with Crippen molar-refractivity contribution in [3.63, 3.8) is 0 Å². The topological polar surface area (TPSA) is 90.3 Å². The summed E-state index contributed by atoms with van der Waals surface area (Å²) in [6.07, 6.45) is 1.59. The van der Waals surface area contributed by atoms with Crippen LogP contribution in [0.5, 0.6) is 0 Å². The highest BCUT2D eigenvalue weighted by atomic mass is 32.2. The molecule has 1 fully saturated rings. The van der Waals surface area contributed by atoms with Gasteiger partial charge in [0.05, 0.1) is 17.0 Å². The van der Waals surface area contributed by atoms with Crippen molar-refractivity contribution in [1.29, 1.82) is 5.26 Å². The second kappa shape index (κ2) is 6.70. The van der Waals surface area contributed by atoms with Crippen LogP contribution in [0, 0.1) is 11.3 Å². The van der Waals surface area contributed by atoms with E-state index in [-0.39, 0.29) is 24.6 Å². The highest BCUT2D eigenvalue weighted by Crippen LogP contribution is 2.16. The molecular weight excluding hydrogens is 290 g/mol. The van der Waals surface area contributed by atoms with Gasteiger partial charge in [-0.05, 0) is 25.0 Å². The summed E-state index contributed by atoms with van der Waals surface area (Å²) in [4.78, 5) is 11.9. The van der Waals surface area contributed by atoms with Crippen molar-refractivity contribution in [1.82, 2.24) is 4.31 Å². The molecule has 1 aliphatic rings. The van der Waals surface area contributed by atoms with Crippen LogP contribution in [0.3, 0.4) is 0 Å². The lowest BCUT2D eigenvalue weighted by Crippen LogP contribution is -2.39. The number of carbonyl (C=O) groups excluding carboxylic acids is 1. The zero-order chi connectivity index (χ0) is 15.3. The number of para-hydroxylation sites is 1. The smallest absolute Gasteiger partial charge is 0.225 e. The highest BCUT2D eigenvalue weighted by Gasteiger charge is 2.25. The van der Waals surface area contributed by atoms with Crippen LogP contribution in [0.2, 0.25) is 0 Å². The first-order chi connectivity index (χ1) is 10.0. The van der Waals surface area contributed by atoms with Gasteiger partial charge in [0, 0.05) is 19.5 Å². The van der Waals surface area contributed by atoms with Gasteiger partial charge in [0.25, 0.3) is 0 Å². The second-order valence-corrected chi connectivity index (χ2v) is 6.97. The Morgan fingerprint density at radius 3 is 2.81 bits per heavy atom. The molecule has 0 unspecified atom stereocenters. The highest BCUT2D eigenvalue weighted by molar-refractivity contribution is 7.89. The van der Waals surface area contributed by atoms with E-state index in [0.29, 0.717) is 24.2 Å². The van der Waals surface area contributed by atoms with E-state index in [1.54, 1.807) is 24.3 Å². The number of amides is 1. The lowest BCUT2D eigenvalue weighted by Gasteiger charge is -2.25. The maximum Gasteiger partial charge on any atom is 0.225 e. The van der Waals surface area contributed by atoms with Crippen molar-refractivity contribution in [3.8, 4) is 6.07 Å². The standard InChI is InChI=1S/C14H17N3O3S/c15-11-12-5-1-2-6-13(12)16-14(18)7-9-17-8-3-4-10-21(17,19)20/h1-2,5-6H,3-4,7-10H2,(H,16,18). The fourth-order valence-corrected chi connectivity index (χ4v) is 3.82. The molecule has 1 N–H and O–H groups in total. The average Bonchev–Trinajstić information content (AvgIpc) is 2.46. The van der Waals surface area contributed by atoms with Crippen LogP contribution < -0.4 is 5.32 Å². The van der Waals surface area contributed by atoms with E-state index in [1.165, 1.54) is 4.31 Å². The molecule has 0 spiro atoms. The molecule has 6 nitrogen and oxygen atoms in total. The first-order valence-corrected chi connectivity index (χ1v) is 8.40. The zero-order valence-electron chi connectivity index (χ0n) is 11.6. The van der Waals surface area contributed by atoms with Crippen molar-refractivity contribution >= 4 is 21.6 Å². The minimum absolute atomic E-state index is 0.0823. The summed E-state index contributed by atoms with van der Waals surface area (Å²) < 4.78 is 25.0. The van der Waals surface area contributed by atoms with Gasteiger partial charge in [-0.2, -0.15) is 5.26 Å². The van der Waals surface area contributed by atoms with E-state index in [0.717, 1.165) is 6.42 Å². The Morgan fingerprint density at radius 2 is 2.10 bits per heavy atom. The molecule has 1 heterocycles. The van der Waals surface area contributed by atoms with E-state index in [4.69, 9.17) is 5.26 Å². The summed E-state index contributed by atoms with van der Waals surface area (Å²) >= 11 is 0. The Balaban J connectivity index is 1.92. The van der Waals surface area contributed by atoms with Crippen molar-refractivity contribution < 1.29 is 13.2 Å². The summed E-state index contributed by atoms with van der Waals surface area (Å²) in [6, 6.07) is 8.71. The lowest BCUT2D eigenvalue weighted by atomic mass is 10.2. The van der Waals surface area contributed by atoms with Crippen molar-refractivity contribution in [2.45, 2.75) is 19.3 Å². The number of nitriles is 1. The summed E-state index contributed by atoms with van der Waals surface area (Å²) in [5, 5.41) is 11.6. The van der Waals surface area contributed by atoms with E-state index >= 15 is 0 Å². The summed E-state index contributed by atoms with van der Waals surface area (Å²) in [7, 11) is -3.20. The normalized spacial score (nSPS) is 17.9. The van der Waals surface area contributed by atoms with Crippen LogP contribution in [-0.4, -0.2) is 37.5 Å². The predicted octanol–water partition coefficient (Wildman–Crippen LogP) is 1.31. The summed E-state index contributed by atoms with van der Waals surface area (Å²) in [5.41, 5.74) is 0.836. The fourth-order valence-electron chi connectivity index (χ4n) is 2.22. The number of nitrogens with zero attached hydrogens (tertiary/aromatic N) is 2. The number of carbonyl (C=O) groups is 1. The van der Waals surface area contributed by atoms with Gasteiger partial charge in [-0.15, -0.1) is 0 Å². The molecule has 1 aliphatic heterocycles. The van der Waals surface area contributed by atoms with Crippen LogP contribution in [0.25, 0.3) is 0 Å². The molecule has 7 heteroatoms. The number of rotatable bonds is 4. The second-order valence-electron chi connectivity index (χ2n) is 4.88. The largest absolute Gasteiger partial charge is 0.325 e. The monoisotopic (exact) mass is 307 g/mol. The average molecular weight is 307 g/mol. The van der Waals surface area contributed by atoms with E-state index in [2.05, 4.69) is 5.32 Å². The molecule has 0 radical (unpaired) electrons. The van der Waals surface area contributed by atoms with Crippen LogP contribution >= 0.6 is 0 Å². The number of anilines is 1. The number of benzene rings is 1. The Bertz CT molecular complexity index is 664. The lowest BCUT2D eigenvalue weighted by molar-refractivity contribution is -0.116. The Labute approximate surface area is 124 Å². The molecule has 1 saturated heterocycles. The van der Waals surface area contributed by atoms with Crippen LogP contribution in [0.1, 0.15) is 24.8 Å². The van der Waals surface area contributed by atoms with Crippen molar-refractivity contribution in [2.75, 3.05) is 24.2 Å². The van der Waals surface area contributed by atoms with Crippen molar-refractivity contribution in [3.05, 3.63) is 29.8 Å². The molecule has 1 aromatic carbocycles. The van der Waals surface area contributed by atoms with Gasteiger partial charge >= 0.3 is 0 Å². The number of hydrogen-bond acceptors (Lipinski definition) is 4. The maximum atomic E-state index is 11.9. The Morgan fingerprint density at radius 1 is 1.33 bits per heavy atom. The van der Waals surface area contributed by atoms with Crippen LogP contribution in [0.15, 0.2) is 24.3 Å². The number of sulfonamides is 1. The molecule has 0 bridgehead atoms. The van der Waals surface area contributed by atoms with Gasteiger partial charge in [-0.25, -0.2) is 12.7 Å². The molecule has 1 amide bonds. The van der Waals surface area contributed by atoms with Gasteiger partial charge in [-0.1, -0.05) is 12.1 Å². The van der Waals surface area contributed by atoms with Gasteiger partial charge in [0.2, 0.25) is 15.9 Å². The van der Waals surface area contributed by atoms with E-state index in [1.807, 2.05) is 6.07 Å². The van der Waals surface area contributed by atoms with Crippen molar-refractivity contribution in [2.24, 2.45) is 0 Å². The minimum Gasteiger partial charge on any atom is -0.325 e. The minimum atomic E-state index is -3.20. The molecular formula is C14H17N3O3S. The quantitative estimate of drug-likeness (QED) is 0.908. The Hall–Kier alpha value is -1.91. The maximum absolute atomic E-state index is 11.9. The third kappa shape index (κ3) is 4.03. The van der Waals surface area contributed by atoms with Crippen LogP contribution in [-0.2, 0) is 14.8 Å². The molecule has 2 rings (SSSR count). The molecule has 0 saturated carbocycles. The number of nitrogens with one attached hydrogen (secondary N) is 1. The van der Waals surface area contributed by atoms with Gasteiger partial charge < -0.3 is 5.32 Å². The third-order valence-corrected chi connectivity index (χ3v) is 5.32. The zero-order valence-corrected chi connectivity index (χ0v) is 12.4. The molecule has 0 atom stereocenters. The summed E-state index contributed by atoms with van der Waals surface area (Å²) in [5.74, 6) is -0.134. The first-order valence-electron chi connectivity index (χ1n) is 6.80. The Kier molecular flexibility index (Phi) is 4.94. The SMILES string of the molecule is N#Cc1ccccc1NC(=O)CCN1CCCCS1(=O)=O. The van der Waals surface area contributed by atoms with E-state index < -0.39 is 10.0 Å². The summed E-state index contributed by atoms with van der Waals surface area (Å²) in [6.45, 7) is 0.660. The molecule has 21 heavy (non-hydrogen) atoms. The molecule has 1 aromatic rings. The van der Waals surface area contributed by atoms with Gasteiger partial charge in [0.1, 0.15) is 6.07 Å². The third-order valence-electron chi connectivity index (χ3n) is 3.36. The van der Waals surface area contributed by atoms with E-state index in [9.17, 15) is 13.2 Å². The fraction of sp³-hybridized carbons (Fsp3) is 0.429. The van der Waals surface area contributed by atoms with Gasteiger partial charge in [-0.3, -0.25) is 4.79 Å².